The molecule has 5 nitrogen and oxygen atoms in total. The summed E-state index contributed by atoms with van der Waals surface area (Å²) in [5.41, 5.74) is -0.00359. The highest BCUT2D eigenvalue weighted by molar-refractivity contribution is 9.09. The number of alkyl halides is 1. The van der Waals surface area contributed by atoms with Crippen LogP contribution in [0.25, 0.3) is 0 Å². The average Bonchev–Trinajstić information content (AvgIpc) is 2.75. The Labute approximate surface area is 133 Å². The van der Waals surface area contributed by atoms with Crippen LogP contribution in [0.3, 0.4) is 0 Å². The predicted molar refractivity (Wildman–Crippen MR) is 77.9 cm³/mol. The van der Waals surface area contributed by atoms with E-state index < -0.39 is 11.6 Å². The summed E-state index contributed by atoms with van der Waals surface area (Å²) in [5, 5.41) is 0.955. The van der Waals surface area contributed by atoms with Gasteiger partial charge < -0.3 is 23.7 Å². The third-order valence-corrected chi connectivity index (χ3v) is 5.93. The lowest BCUT2D eigenvalue weighted by Gasteiger charge is -2.29. The van der Waals surface area contributed by atoms with Gasteiger partial charge in [0.1, 0.15) is 12.2 Å². The maximum absolute atomic E-state index is 6.24. The largest absolute Gasteiger partial charge is 0.348 e. The number of rotatable bonds is 2. The predicted octanol–water partition coefficient (Wildman–Crippen LogP) is 2.42. The molecule has 0 amide bonds. The van der Waals surface area contributed by atoms with E-state index in [2.05, 4.69) is 15.9 Å². The summed E-state index contributed by atoms with van der Waals surface area (Å²) in [4.78, 5) is 0. The molecular formula is C15H23BrO5. The molecule has 6 atom stereocenters. The Bertz CT molecular complexity index is 453. The first kappa shape index (κ1) is 14.8. The van der Waals surface area contributed by atoms with Crippen molar-refractivity contribution >= 4 is 15.9 Å². The van der Waals surface area contributed by atoms with Gasteiger partial charge in [0, 0.05) is 10.7 Å². The molecular weight excluding hydrogens is 340 g/mol. The first-order valence-electron chi connectivity index (χ1n) is 7.66. The van der Waals surface area contributed by atoms with Crippen LogP contribution in [0.2, 0.25) is 0 Å². The summed E-state index contributed by atoms with van der Waals surface area (Å²) in [5.74, 6) is -0.562. The van der Waals surface area contributed by atoms with Gasteiger partial charge in [0.2, 0.25) is 0 Å². The van der Waals surface area contributed by atoms with Crippen molar-refractivity contribution in [3.8, 4) is 0 Å². The number of hydrogen-bond acceptors (Lipinski definition) is 5. The third kappa shape index (κ3) is 2.14. The van der Waals surface area contributed by atoms with Gasteiger partial charge >= 0.3 is 0 Å². The van der Waals surface area contributed by atoms with Crippen LogP contribution in [-0.2, 0) is 23.7 Å². The molecule has 0 aromatic carbocycles. The Balaban J connectivity index is 1.59. The van der Waals surface area contributed by atoms with E-state index in [1.807, 2.05) is 27.7 Å². The molecule has 0 bridgehead atoms. The molecule has 6 heteroatoms. The molecule has 120 valence electrons. The minimum absolute atomic E-state index is 0.00359. The summed E-state index contributed by atoms with van der Waals surface area (Å²) in [6, 6.07) is 0. The summed E-state index contributed by atoms with van der Waals surface area (Å²) in [6.07, 6.45) is 0.718. The van der Waals surface area contributed by atoms with E-state index in [1.165, 1.54) is 0 Å². The maximum Gasteiger partial charge on any atom is 0.188 e. The molecule has 1 spiro atoms. The minimum atomic E-state index is -0.570. The second kappa shape index (κ2) is 4.42. The number of hydrogen-bond donors (Lipinski definition) is 0. The van der Waals surface area contributed by atoms with Gasteiger partial charge in [-0.25, -0.2) is 0 Å². The average molecular weight is 363 g/mol. The highest BCUT2D eigenvalue weighted by Crippen LogP contribution is 2.67. The van der Waals surface area contributed by atoms with Gasteiger partial charge in [-0.1, -0.05) is 15.9 Å². The lowest BCUT2D eigenvalue weighted by Crippen LogP contribution is -2.41. The first-order chi connectivity index (χ1) is 9.77. The van der Waals surface area contributed by atoms with Crippen LogP contribution in [-0.4, -0.2) is 48.1 Å². The van der Waals surface area contributed by atoms with Crippen molar-refractivity contribution in [2.45, 2.75) is 70.3 Å². The van der Waals surface area contributed by atoms with Crippen LogP contribution in [0.15, 0.2) is 0 Å². The van der Waals surface area contributed by atoms with Gasteiger partial charge in [-0.3, -0.25) is 0 Å². The fourth-order valence-electron chi connectivity index (χ4n) is 4.19. The van der Waals surface area contributed by atoms with Crippen LogP contribution in [0.5, 0.6) is 0 Å². The van der Waals surface area contributed by atoms with Crippen molar-refractivity contribution in [1.82, 2.24) is 0 Å². The van der Waals surface area contributed by atoms with Crippen molar-refractivity contribution in [2.24, 2.45) is 11.3 Å². The number of ether oxygens (including phenoxy) is 5. The van der Waals surface area contributed by atoms with Gasteiger partial charge in [0.25, 0.3) is 0 Å². The normalized spacial score (nSPS) is 53.3. The number of halogens is 1. The summed E-state index contributed by atoms with van der Waals surface area (Å²) in [6.45, 7) is 8.35. The molecule has 21 heavy (non-hydrogen) atoms. The lowest BCUT2D eigenvalue weighted by molar-refractivity contribution is -0.230. The van der Waals surface area contributed by atoms with Gasteiger partial charge in [0.05, 0.1) is 12.7 Å². The van der Waals surface area contributed by atoms with Crippen LogP contribution < -0.4 is 0 Å². The minimum Gasteiger partial charge on any atom is -0.348 e. The fourth-order valence-corrected chi connectivity index (χ4v) is 5.02. The maximum atomic E-state index is 6.24. The fraction of sp³-hybridized carbons (Fsp3) is 1.00. The van der Waals surface area contributed by atoms with E-state index in [0.29, 0.717) is 12.5 Å². The molecule has 1 aliphatic carbocycles. The monoisotopic (exact) mass is 362 g/mol. The summed E-state index contributed by atoms with van der Waals surface area (Å²) < 4.78 is 30.1. The van der Waals surface area contributed by atoms with E-state index >= 15 is 0 Å². The molecule has 4 fully saturated rings. The van der Waals surface area contributed by atoms with Gasteiger partial charge in [-0.2, -0.15) is 0 Å². The van der Waals surface area contributed by atoms with Crippen molar-refractivity contribution in [2.75, 3.05) is 11.9 Å². The highest BCUT2D eigenvalue weighted by atomic mass is 79.9. The zero-order valence-electron chi connectivity index (χ0n) is 12.9. The molecule has 0 unspecified atom stereocenters. The van der Waals surface area contributed by atoms with E-state index in [1.54, 1.807) is 0 Å². The van der Waals surface area contributed by atoms with Crippen LogP contribution in [0.1, 0.15) is 34.1 Å². The smallest absolute Gasteiger partial charge is 0.188 e. The molecule has 0 aromatic rings. The second-order valence-corrected chi connectivity index (χ2v) is 8.16. The van der Waals surface area contributed by atoms with Gasteiger partial charge in [-0.15, -0.1) is 0 Å². The zero-order valence-corrected chi connectivity index (χ0v) is 14.5. The van der Waals surface area contributed by atoms with Crippen molar-refractivity contribution < 1.29 is 23.7 Å². The number of fused-ring (bicyclic) bond motifs is 2. The van der Waals surface area contributed by atoms with Crippen molar-refractivity contribution in [1.29, 1.82) is 0 Å². The third-order valence-electron chi connectivity index (χ3n) is 5.15. The molecule has 4 aliphatic rings. The Morgan fingerprint density at radius 2 is 1.76 bits per heavy atom. The van der Waals surface area contributed by atoms with Crippen LogP contribution in [0, 0.1) is 11.3 Å². The van der Waals surface area contributed by atoms with E-state index in [4.69, 9.17) is 23.7 Å². The Hall–Kier alpha value is 0.280. The Morgan fingerprint density at radius 3 is 2.33 bits per heavy atom. The molecule has 4 rings (SSSR count). The highest BCUT2D eigenvalue weighted by Gasteiger charge is 2.75. The lowest BCUT2D eigenvalue weighted by atomic mass is 9.89. The Morgan fingerprint density at radius 1 is 1.00 bits per heavy atom. The Kier molecular flexibility index (Phi) is 3.13. The standard InChI is InChI=1S/C15H23BrO5/c1-13(2)17-7-9(19-13)10-15(5-8(15)6-16)11-12(18-10)21-14(3,4)20-11/h8-12H,5-7H2,1-4H3/t8-,9-,10-,11+,12-,15-/m1/s1. The molecule has 0 radical (unpaired) electrons. The van der Waals surface area contributed by atoms with Crippen LogP contribution in [0.4, 0.5) is 0 Å². The molecule has 3 heterocycles. The van der Waals surface area contributed by atoms with Crippen LogP contribution >= 0.6 is 15.9 Å². The van der Waals surface area contributed by atoms with Gasteiger partial charge in [0.15, 0.2) is 17.9 Å². The molecule has 0 N–H and O–H groups in total. The van der Waals surface area contributed by atoms with Crippen molar-refractivity contribution in [3.05, 3.63) is 0 Å². The summed E-state index contributed by atoms with van der Waals surface area (Å²) in [7, 11) is 0. The molecule has 3 aliphatic heterocycles. The zero-order chi connectivity index (χ0) is 15.0. The summed E-state index contributed by atoms with van der Waals surface area (Å²) >= 11 is 3.62. The van der Waals surface area contributed by atoms with Crippen molar-refractivity contribution in [3.63, 3.8) is 0 Å². The van der Waals surface area contributed by atoms with E-state index in [9.17, 15) is 0 Å². The van der Waals surface area contributed by atoms with E-state index in [0.717, 1.165) is 11.8 Å². The first-order valence-corrected chi connectivity index (χ1v) is 8.78. The molecule has 0 aromatic heterocycles. The molecule has 3 saturated heterocycles. The quantitative estimate of drug-likeness (QED) is 0.706. The van der Waals surface area contributed by atoms with E-state index in [-0.39, 0.29) is 30.0 Å². The topological polar surface area (TPSA) is 46.2 Å². The SMILES string of the molecule is CC1(C)OC[C@H]([C@H]2O[C@@H]3OC(C)(C)O[C@@H]3[C@@]23C[C@@H]3CBr)O1. The van der Waals surface area contributed by atoms with Gasteiger partial charge in [-0.05, 0) is 40.0 Å². The second-order valence-electron chi connectivity index (χ2n) is 7.52. The molecule has 1 saturated carbocycles.